The Hall–Kier alpha value is -0.0800. The highest BCUT2D eigenvalue weighted by atomic mass is 14.9. The van der Waals surface area contributed by atoms with E-state index in [0.717, 1.165) is 6.54 Å². The molecule has 2 heteroatoms. The SMILES string of the molecule is CCCCN[C@@H]1CCCC[C@@H]1N. The van der Waals surface area contributed by atoms with Gasteiger partial charge >= 0.3 is 0 Å². The van der Waals surface area contributed by atoms with Crippen molar-refractivity contribution in [1.82, 2.24) is 5.32 Å². The van der Waals surface area contributed by atoms with Crippen molar-refractivity contribution in [2.24, 2.45) is 5.73 Å². The van der Waals surface area contributed by atoms with E-state index in [9.17, 15) is 0 Å². The molecule has 1 saturated carbocycles. The third-order valence-corrected chi connectivity index (χ3v) is 2.76. The van der Waals surface area contributed by atoms with E-state index >= 15 is 0 Å². The monoisotopic (exact) mass is 170 g/mol. The molecule has 1 aliphatic rings. The average Bonchev–Trinajstić information content (AvgIpc) is 2.09. The van der Waals surface area contributed by atoms with Gasteiger partial charge in [-0.2, -0.15) is 0 Å². The van der Waals surface area contributed by atoms with E-state index in [1.165, 1.54) is 38.5 Å². The van der Waals surface area contributed by atoms with Gasteiger partial charge in [-0.15, -0.1) is 0 Å². The molecule has 0 heterocycles. The molecule has 72 valence electrons. The van der Waals surface area contributed by atoms with Crippen molar-refractivity contribution in [3.63, 3.8) is 0 Å². The Balaban J connectivity index is 2.11. The number of nitrogens with one attached hydrogen (secondary N) is 1. The first-order valence-electron chi connectivity index (χ1n) is 5.33. The number of nitrogens with two attached hydrogens (primary N) is 1. The first kappa shape index (κ1) is 10.0. The van der Waals surface area contributed by atoms with Crippen molar-refractivity contribution in [2.45, 2.75) is 57.5 Å². The second-order valence-electron chi connectivity index (χ2n) is 3.86. The number of rotatable bonds is 4. The molecule has 1 rings (SSSR count). The molecule has 2 atom stereocenters. The Morgan fingerprint density at radius 3 is 2.75 bits per heavy atom. The maximum absolute atomic E-state index is 6.00. The molecule has 0 spiro atoms. The molecule has 0 aromatic heterocycles. The molecule has 2 nitrogen and oxygen atoms in total. The number of unbranched alkanes of at least 4 members (excludes halogenated alkanes) is 1. The molecule has 0 radical (unpaired) electrons. The zero-order chi connectivity index (χ0) is 8.81. The third-order valence-electron chi connectivity index (χ3n) is 2.76. The predicted octanol–water partition coefficient (Wildman–Crippen LogP) is 1.65. The van der Waals surface area contributed by atoms with Crippen LogP contribution < -0.4 is 11.1 Å². The fraction of sp³-hybridized carbons (Fsp3) is 1.00. The molecule has 0 bridgehead atoms. The fourth-order valence-corrected chi connectivity index (χ4v) is 1.88. The average molecular weight is 170 g/mol. The minimum atomic E-state index is 0.413. The normalized spacial score (nSPS) is 30.5. The summed E-state index contributed by atoms with van der Waals surface area (Å²) >= 11 is 0. The Kier molecular flexibility index (Phi) is 4.62. The Labute approximate surface area is 75.9 Å². The molecule has 0 aliphatic heterocycles. The van der Waals surface area contributed by atoms with Gasteiger partial charge in [-0.3, -0.25) is 0 Å². The first-order chi connectivity index (χ1) is 5.84. The van der Waals surface area contributed by atoms with Gasteiger partial charge in [0, 0.05) is 12.1 Å². The summed E-state index contributed by atoms with van der Waals surface area (Å²) in [6.07, 6.45) is 7.73. The van der Waals surface area contributed by atoms with Crippen LogP contribution in [0.1, 0.15) is 45.4 Å². The van der Waals surface area contributed by atoms with Crippen molar-refractivity contribution < 1.29 is 0 Å². The number of hydrogen-bond acceptors (Lipinski definition) is 2. The summed E-state index contributed by atoms with van der Waals surface area (Å²) in [6, 6.07) is 1.01. The van der Waals surface area contributed by atoms with Crippen LogP contribution in [0.5, 0.6) is 0 Å². The lowest BCUT2D eigenvalue weighted by Crippen LogP contribution is -2.47. The lowest BCUT2D eigenvalue weighted by molar-refractivity contribution is 0.327. The van der Waals surface area contributed by atoms with E-state index in [-0.39, 0.29) is 0 Å². The second kappa shape index (κ2) is 5.55. The summed E-state index contributed by atoms with van der Waals surface area (Å²) in [4.78, 5) is 0. The van der Waals surface area contributed by atoms with Gasteiger partial charge in [-0.05, 0) is 25.8 Å². The highest BCUT2D eigenvalue weighted by molar-refractivity contribution is 4.83. The quantitative estimate of drug-likeness (QED) is 0.630. The fourth-order valence-electron chi connectivity index (χ4n) is 1.88. The largest absolute Gasteiger partial charge is 0.326 e. The minimum Gasteiger partial charge on any atom is -0.326 e. The smallest absolute Gasteiger partial charge is 0.0219 e. The topological polar surface area (TPSA) is 38.0 Å². The Morgan fingerprint density at radius 2 is 2.08 bits per heavy atom. The van der Waals surface area contributed by atoms with Gasteiger partial charge < -0.3 is 11.1 Å². The van der Waals surface area contributed by atoms with Crippen LogP contribution in [0.4, 0.5) is 0 Å². The van der Waals surface area contributed by atoms with Gasteiger partial charge in [-0.25, -0.2) is 0 Å². The van der Waals surface area contributed by atoms with Gasteiger partial charge in [0.05, 0.1) is 0 Å². The van der Waals surface area contributed by atoms with Crippen LogP contribution >= 0.6 is 0 Å². The molecule has 0 aromatic carbocycles. The molecular formula is C10H22N2. The van der Waals surface area contributed by atoms with Crippen molar-refractivity contribution in [3.05, 3.63) is 0 Å². The summed E-state index contributed by atoms with van der Waals surface area (Å²) in [7, 11) is 0. The summed E-state index contributed by atoms with van der Waals surface area (Å²) in [5, 5.41) is 3.55. The van der Waals surface area contributed by atoms with Crippen LogP contribution in [0.25, 0.3) is 0 Å². The molecule has 0 unspecified atom stereocenters. The van der Waals surface area contributed by atoms with E-state index in [4.69, 9.17) is 5.73 Å². The van der Waals surface area contributed by atoms with Crippen LogP contribution in [0.3, 0.4) is 0 Å². The van der Waals surface area contributed by atoms with Crippen LogP contribution in [0, 0.1) is 0 Å². The van der Waals surface area contributed by atoms with E-state index in [1.807, 2.05) is 0 Å². The van der Waals surface area contributed by atoms with Gasteiger partial charge in [0.25, 0.3) is 0 Å². The summed E-state index contributed by atoms with van der Waals surface area (Å²) in [5.41, 5.74) is 6.00. The van der Waals surface area contributed by atoms with Crippen LogP contribution in [0.2, 0.25) is 0 Å². The summed E-state index contributed by atoms with van der Waals surface area (Å²) in [6.45, 7) is 3.37. The molecule has 0 saturated heterocycles. The van der Waals surface area contributed by atoms with E-state index in [0.29, 0.717) is 12.1 Å². The van der Waals surface area contributed by atoms with Crippen LogP contribution in [0.15, 0.2) is 0 Å². The first-order valence-corrected chi connectivity index (χ1v) is 5.33. The van der Waals surface area contributed by atoms with E-state index in [1.54, 1.807) is 0 Å². The van der Waals surface area contributed by atoms with E-state index < -0.39 is 0 Å². The van der Waals surface area contributed by atoms with Crippen molar-refractivity contribution >= 4 is 0 Å². The Bertz CT molecular complexity index is 114. The van der Waals surface area contributed by atoms with Gasteiger partial charge in [-0.1, -0.05) is 26.2 Å². The maximum Gasteiger partial charge on any atom is 0.0219 e. The molecule has 1 fully saturated rings. The lowest BCUT2D eigenvalue weighted by Gasteiger charge is -2.29. The lowest BCUT2D eigenvalue weighted by atomic mass is 9.91. The highest BCUT2D eigenvalue weighted by Crippen LogP contribution is 2.16. The number of hydrogen-bond donors (Lipinski definition) is 2. The maximum atomic E-state index is 6.00. The van der Waals surface area contributed by atoms with Crippen molar-refractivity contribution in [2.75, 3.05) is 6.54 Å². The molecule has 1 aliphatic carbocycles. The third kappa shape index (κ3) is 3.11. The van der Waals surface area contributed by atoms with Crippen molar-refractivity contribution in [1.29, 1.82) is 0 Å². The summed E-state index contributed by atoms with van der Waals surface area (Å²) in [5.74, 6) is 0. The second-order valence-corrected chi connectivity index (χ2v) is 3.86. The molecular weight excluding hydrogens is 148 g/mol. The predicted molar refractivity (Wildman–Crippen MR) is 53.1 cm³/mol. The zero-order valence-electron chi connectivity index (χ0n) is 8.18. The van der Waals surface area contributed by atoms with Crippen LogP contribution in [-0.4, -0.2) is 18.6 Å². The van der Waals surface area contributed by atoms with Gasteiger partial charge in [0.1, 0.15) is 0 Å². The standard InChI is InChI=1S/C10H22N2/c1-2-3-8-12-10-7-5-4-6-9(10)11/h9-10,12H,2-8,11H2,1H3/t9-,10+/m0/s1. The summed E-state index contributed by atoms with van der Waals surface area (Å²) < 4.78 is 0. The zero-order valence-corrected chi connectivity index (χ0v) is 8.18. The minimum absolute atomic E-state index is 0.413. The van der Waals surface area contributed by atoms with Gasteiger partial charge in [0.15, 0.2) is 0 Å². The highest BCUT2D eigenvalue weighted by Gasteiger charge is 2.20. The van der Waals surface area contributed by atoms with Crippen molar-refractivity contribution in [3.8, 4) is 0 Å². The molecule has 0 amide bonds. The molecule has 12 heavy (non-hydrogen) atoms. The Morgan fingerprint density at radius 1 is 1.33 bits per heavy atom. The molecule has 0 aromatic rings. The van der Waals surface area contributed by atoms with Gasteiger partial charge in [0.2, 0.25) is 0 Å². The van der Waals surface area contributed by atoms with E-state index in [2.05, 4.69) is 12.2 Å². The molecule has 3 N–H and O–H groups in total. The van der Waals surface area contributed by atoms with Crippen LogP contribution in [-0.2, 0) is 0 Å².